The number of methoxy groups -OCH3 is 3. The summed E-state index contributed by atoms with van der Waals surface area (Å²) in [6.45, 7) is 7.80. The van der Waals surface area contributed by atoms with Crippen molar-refractivity contribution >= 4 is 18.0 Å². The number of hydrogen-bond acceptors (Lipinski definition) is 9. The molecule has 0 saturated heterocycles. The molecule has 0 bridgehead atoms. The number of hydrogen-bond donors (Lipinski definition) is 1. The number of nitrogens with zero attached hydrogens (tertiary/aromatic N) is 1. The summed E-state index contributed by atoms with van der Waals surface area (Å²) in [6.07, 6.45) is -0.692. The molecule has 0 aliphatic heterocycles. The lowest BCUT2D eigenvalue weighted by Crippen LogP contribution is -2.56. The third kappa shape index (κ3) is 12.0. The first-order chi connectivity index (χ1) is 11.7. The first-order valence-corrected chi connectivity index (χ1v) is 7.51. The van der Waals surface area contributed by atoms with Gasteiger partial charge in [-0.2, -0.15) is 0 Å². The first kappa shape index (κ1) is 25.8. The van der Waals surface area contributed by atoms with Crippen LogP contribution in [0.15, 0.2) is 0 Å². The zero-order chi connectivity index (χ0) is 21.1. The van der Waals surface area contributed by atoms with E-state index in [2.05, 4.69) is 14.8 Å². The molecule has 0 spiro atoms. The van der Waals surface area contributed by atoms with Crippen molar-refractivity contribution in [3.8, 4) is 0 Å². The Bertz CT molecular complexity index is 498. The number of rotatable bonds is 6. The van der Waals surface area contributed by atoms with Crippen molar-refractivity contribution in [2.24, 2.45) is 0 Å². The summed E-state index contributed by atoms with van der Waals surface area (Å²) in [7, 11) is 3.80. The molecule has 0 aromatic carbocycles. The average molecular weight is 380 g/mol. The first-order valence-electron chi connectivity index (χ1n) is 7.51. The number of alkyl carbamates (subject to hydrolysis) is 1. The Hall–Kier alpha value is -2.43. The topological polar surface area (TPSA) is 143 Å². The summed E-state index contributed by atoms with van der Waals surface area (Å²) in [6, 6.07) is -0.942. The Labute approximate surface area is 152 Å². The molecule has 0 rings (SSSR count). The van der Waals surface area contributed by atoms with E-state index in [1.54, 1.807) is 34.6 Å². The number of ether oxygens (including phenoxy) is 4. The van der Waals surface area contributed by atoms with Crippen LogP contribution in [0.4, 0.5) is 4.79 Å². The average Bonchev–Trinajstić information content (AvgIpc) is 2.49. The van der Waals surface area contributed by atoms with E-state index >= 15 is 0 Å². The number of carbonyl (C=O) groups excluding carboxylic acids is 3. The molecule has 1 N–H and O–H groups in total. The van der Waals surface area contributed by atoms with Gasteiger partial charge in [-0.05, 0) is 34.6 Å². The Morgan fingerprint density at radius 2 is 1.54 bits per heavy atom. The van der Waals surface area contributed by atoms with Crippen molar-refractivity contribution in [2.45, 2.75) is 51.9 Å². The molecule has 0 aromatic rings. The highest BCUT2D eigenvalue weighted by Crippen LogP contribution is 2.16. The minimum Gasteiger partial charge on any atom is -0.467 e. The maximum absolute atomic E-state index is 11.7. The predicted molar refractivity (Wildman–Crippen MR) is 90.1 cm³/mol. The highest BCUT2D eigenvalue weighted by molar-refractivity contribution is 5.82. The molecule has 0 fully saturated rings. The SMILES string of the molecule is COC(=O)C(NC(=O)OC(C)(C)C)C(C)(C)OC.COC(=O)C[N+](=O)[O-]. The minimum absolute atomic E-state index is 0.590. The molecular weight excluding hydrogens is 352 g/mol. The van der Waals surface area contributed by atoms with Gasteiger partial charge in [0.2, 0.25) is 0 Å². The van der Waals surface area contributed by atoms with Gasteiger partial charge in [0.25, 0.3) is 6.54 Å². The van der Waals surface area contributed by atoms with Crippen molar-refractivity contribution in [3.63, 3.8) is 0 Å². The van der Waals surface area contributed by atoms with Gasteiger partial charge in [-0.15, -0.1) is 0 Å². The van der Waals surface area contributed by atoms with Crippen molar-refractivity contribution in [3.05, 3.63) is 10.1 Å². The lowest BCUT2D eigenvalue weighted by molar-refractivity contribution is -0.470. The van der Waals surface area contributed by atoms with Crippen LogP contribution >= 0.6 is 0 Å². The molecule has 0 heterocycles. The van der Waals surface area contributed by atoms with E-state index in [0.717, 1.165) is 7.11 Å². The maximum atomic E-state index is 11.7. The summed E-state index contributed by atoms with van der Waals surface area (Å²) in [5.74, 6) is -1.41. The van der Waals surface area contributed by atoms with Crippen LogP contribution in [0.1, 0.15) is 34.6 Å². The van der Waals surface area contributed by atoms with Gasteiger partial charge in [-0.1, -0.05) is 0 Å². The highest BCUT2D eigenvalue weighted by atomic mass is 16.6. The largest absolute Gasteiger partial charge is 0.467 e. The molecule has 0 saturated carbocycles. The quantitative estimate of drug-likeness (QED) is 0.308. The summed E-state index contributed by atoms with van der Waals surface area (Å²) in [5, 5.41) is 11.9. The van der Waals surface area contributed by atoms with E-state index in [-0.39, 0.29) is 0 Å². The molecule has 1 unspecified atom stereocenters. The van der Waals surface area contributed by atoms with Crippen LogP contribution in [0.5, 0.6) is 0 Å². The molecule has 26 heavy (non-hydrogen) atoms. The van der Waals surface area contributed by atoms with Gasteiger partial charge in [0, 0.05) is 12.0 Å². The van der Waals surface area contributed by atoms with Gasteiger partial charge in [-0.25, -0.2) is 14.4 Å². The fourth-order valence-corrected chi connectivity index (χ4v) is 1.35. The van der Waals surface area contributed by atoms with Crippen molar-refractivity contribution in [1.82, 2.24) is 5.32 Å². The fourth-order valence-electron chi connectivity index (χ4n) is 1.35. The van der Waals surface area contributed by atoms with E-state index in [1.165, 1.54) is 14.2 Å². The number of esters is 2. The number of carbonyl (C=O) groups is 3. The van der Waals surface area contributed by atoms with Crippen LogP contribution in [0.2, 0.25) is 0 Å². The number of nitrogens with one attached hydrogen (secondary N) is 1. The normalized spacial score (nSPS) is 12.0. The summed E-state index contributed by atoms with van der Waals surface area (Å²) in [5.41, 5.74) is -1.54. The molecule has 1 amide bonds. The lowest BCUT2D eigenvalue weighted by atomic mass is 9.99. The lowest BCUT2D eigenvalue weighted by Gasteiger charge is -2.32. The van der Waals surface area contributed by atoms with E-state index < -0.39 is 46.7 Å². The summed E-state index contributed by atoms with van der Waals surface area (Å²) < 4.78 is 18.9. The predicted octanol–water partition coefficient (Wildman–Crippen LogP) is 0.914. The summed E-state index contributed by atoms with van der Waals surface area (Å²) in [4.78, 5) is 42.0. The fraction of sp³-hybridized carbons (Fsp3) is 0.800. The van der Waals surface area contributed by atoms with Crippen LogP contribution in [-0.2, 0) is 28.5 Å². The van der Waals surface area contributed by atoms with Crippen molar-refractivity contribution in [2.75, 3.05) is 27.9 Å². The zero-order valence-electron chi connectivity index (χ0n) is 16.4. The van der Waals surface area contributed by atoms with Gasteiger partial charge in [-0.3, -0.25) is 10.1 Å². The Morgan fingerprint density at radius 1 is 1.04 bits per heavy atom. The van der Waals surface area contributed by atoms with Gasteiger partial charge in [0.15, 0.2) is 6.04 Å². The maximum Gasteiger partial charge on any atom is 0.408 e. The highest BCUT2D eigenvalue weighted by Gasteiger charge is 2.38. The molecule has 1 atom stereocenters. The summed E-state index contributed by atoms with van der Waals surface area (Å²) >= 11 is 0. The molecule has 0 aromatic heterocycles. The molecule has 0 aliphatic rings. The number of nitro groups is 1. The van der Waals surface area contributed by atoms with Crippen LogP contribution in [0.25, 0.3) is 0 Å². The van der Waals surface area contributed by atoms with Gasteiger partial charge < -0.3 is 24.3 Å². The second-order valence-electron chi connectivity index (χ2n) is 6.48. The third-order valence-electron chi connectivity index (χ3n) is 2.81. The smallest absolute Gasteiger partial charge is 0.408 e. The minimum atomic E-state index is -0.942. The molecule has 11 nitrogen and oxygen atoms in total. The van der Waals surface area contributed by atoms with Crippen LogP contribution in [0, 0.1) is 10.1 Å². The van der Waals surface area contributed by atoms with Crippen LogP contribution in [-0.4, -0.2) is 68.1 Å². The van der Waals surface area contributed by atoms with Crippen LogP contribution < -0.4 is 5.32 Å². The van der Waals surface area contributed by atoms with E-state index in [9.17, 15) is 24.5 Å². The molecule has 0 aliphatic carbocycles. The second kappa shape index (κ2) is 11.2. The van der Waals surface area contributed by atoms with Gasteiger partial charge >= 0.3 is 18.0 Å². The molecule has 11 heteroatoms. The zero-order valence-corrected chi connectivity index (χ0v) is 16.4. The Kier molecular flexibility index (Phi) is 11.2. The molecule has 0 radical (unpaired) electrons. The van der Waals surface area contributed by atoms with Crippen molar-refractivity contribution in [1.29, 1.82) is 0 Å². The van der Waals surface area contributed by atoms with Crippen LogP contribution in [0.3, 0.4) is 0 Å². The third-order valence-corrected chi connectivity index (χ3v) is 2.81. The Morgan fingerprint density at radius 3 is 1.81 bits per heavy atom. The van der Waals surface area contributed by atoms with E-state index in [1.807, 2.05) is 0 Å². The van der Waals surface area contributed by atoms with Gasteiger partial charge in [0.1, 0.15) is 5.60 Å². The molecular formula is C15H28N2O9. The molecule has 152 valence electrons. The van der Waals surface area contributed by atoms with E-state index in [0.29, 0.717) is 0 Å². The van der Waals surface area contributed by atoms with Crippen molar-refractivity contribution < 1.29 is 38.3 Å². The monoisotopic (exact) mass is 380 g/mol. The second-order valence-corrected chi connectivity index (χ2v) is 6.48. The van der Waals surface area contributed by atoms with E-state index in [4.69, 9.17) is 9.47 Å². The van der Waals surface area contributed by atoms with Gasteiger partial charge in [0.05, 0.1) is 19.8 Å². The standard InChI is InChI=1S/C12H23NO5.C3H5NO4/c1-11(2,3)18-10(15)13-8(9(14)16-6)12(4,5)17-7;1-8-3(5)2-4(6)7/h8H,1-7H3,(H,13,15);2H2,1H3. The number of amides is 1. The Balaban J connectivity index is 0.